The Labute approximate surface area is 144 Å². The molecule has 4 nitrogen and oxygen atoms in total. The second-order valence-corrected chi connectivity index (χ2v) is 6.62. The van der Waals surface area contributed by atoms with Crippen LogP contribution in [0.1, 0.15) is 36.2 Å². The number of pyridine rings is 1. The van der Waals surface area contributed by atoms with Crippen molar-refractivity contribution in [1.29, 1.82) is 0 Å². The van der Waals surface area contributed by atoms with Gasteiger partial charge in [0, 0.05) is 11.7 Å². The standard InChI is InChI=1S/C20H19FN2O2/c1-11(22)19-15-7-2-4-12-8-9-16(24)18(17(12)15)20(25)23(19)14-6-3-5-13(21)10-14/h3,5-6,8-11,24H,2,4,7,22H2,1H3/t11-/m0/s1. The maximum atomic E-state index is 13.8. The van der Waals surface area contributed by atoms with E-state index in [9.17, 15) is 14.3 Å². The minimum atomic E-state index is -0.424. The molecule has 0 amide bonds. The van der Waals surface area contributed by atoms with Gasteiger partial charge < -0.3 is 10.8 Å². The summed E-state index contributed by atoms with van der Waals surface area (Å²) in [7, 11) is 0. The van der Waals surface area contributed by atoms with E-state index in [4.69, 9.17) is 5.73 Å². The Hall–Kier alpha value is -2.66. The van der Waals surface area contributed by atoms with E-state index in [1.807, 2.05) is 13.0 Å². The maximum Gasteiger partial charge on any atom is 0.267 e. The first-order valence-corrected chi connectivity index (χ1v) is 8.43. The van der Waals surface area contributed by atoms with Gasteiger partial charge in [-0.15, -0.1) is 0 Å². The van der Waals surface area contributed by atoms with E-state index in [0.29, 0.717) is 16.8 Å². The highest BCUT2D eigenvalue weighted by Gasteiger charge is 2.25. The predicted molar refractivity (Wildman–Crippen MR) is 95.8 cm³/mol. The highest BCUT2D eigenvalue weighted by Crippen LogP contribution is 2.36. The van der Waals surface area contributed by atoms with Gasteiger partial charge in [-0.2, -0.15) is 0 Å². The lowest BCUT2D eigenvalue weighted by atomic mass is 9.86. The van der Waals surface area contributed by atoms with Crippen molar-refractivity contribution in [2.75, 3.05) is 0 Å². The van der Waals surface area contributed by atoms with Crippen molar-refractivity contribution in [2.45, 2.75) is 32.2 Å². The molecule has 1 aliphatic carbocycles. The van der Waals surface area contributed by atoms with Gasteiger partial charge in [0.1, 0.15) is 11.6 Å². The fraction of sp³-hybridized carbons (Fsp3) is 0.250. The number of hydrogen-bond donors (Lipinski definition) is 2. The molecule has 1 atom stereocenters. The van der Waals surface area contributed by atoms with Crippen LogP contribution in [0, 0.1) is 5.82 Å². The van der Waals surface area contributed by atoms with E-state index in [0.717, 1.165) is 35.8 Å². The lowest BCUT2D eigenvalue weighted by Crippen LogP contribution is -2.29. The first-order chi connectivity index (χ1) is 12.0. The molecule has 0 radical (unpaired) electrons. The van der Waals surface area contributed by atoms with E-state index < -0.39 is 11.9 Å². The number of aromatic hydroxyl groups is 1. The maximum absolute atomic E-state index is 13.8. The number of hydrogen-bond acceptors (Lipinski definition) is 3. The van der Waals surface area contributed by atoms with Crippen molar-refractivity contribution in [2.24, 2.45) is 5.73 Å². The first kappa shape index (κ1) is 15.8. The molecule has 0 saturated heterocycles. The van der Waals surface area contributed by atoms with Gasteiger partial charge in [-0.1, -0.05) is 12.1 Å². The zero-order valence-electron chi connectivity index (χ0n) is 13.9. The number of phenols is 1. The Kier molecular flexibility index (Phi) is 3.62. The van der Waals surface area contributed by atoms with Gasteiger partial charge in [0.05, 0.1) is 11.1 Å². The minimum Gasteiger partial charge on any atom is -0.507 e. The molecule has 3 N–H and O–H groups in total. The molecule has 1 heterocycles. The molecule has 1 aliphatic rings. The minimum absolute atomic E-state index is 0.0479. The van der Waals surface area contributed by atoms with Crippen LogP contribution in [-0.2, 0) is 12.8 Å². The second-order valence-electron chi connectivity index (χ2n) is 6.62. The van der Waals surface area contributed by atoms with E-state index >= 15 is 0 Å². The molecular weight excluding hydrogens is 319 g/mol. The Balaban J connectivity index is 2.24. The molecule has 0 aliphatic heterocycles. The summed E-state index contributed by atoms with van der Waals surface area (Å²) >= 11 is 0. The number of nitrogens with two attached hydrogens (primary N) is 1. The van der Waals surface area contributed by atoms with Crippen LogP contribution in [0.4, 0.5) is 4.39 Å². The van der Waals surface area contributed by atoms with Gasteiger partial charge in [0.2, 0.25) is 0 Å². The van der Waals surface area contributed by atoms with Crippen LogP contribution in [0.15, 0.2) is 41.2 Å². The molecule has 0 fully saturated rings. The summed E-state index contributed by atoms with van der Waals surface area (Å²) in [6.07, 6.45) is 2.60. The summed E-state index contributed by atoms with van der Waals surface area (Å²) in [5, 5.41) is 11.5. The zero-order chi connectivity index (χ0) is 17.7. The molecule has 0 unspecified atom stereocenters. The number of nitrogens with zero attached hydrogens (tertiary/aromatic N) is 1. The molecule has 0 spiro atoms. The fourth-order valence-electron chi connectivity index (χ4n) is 3.95. The third-order valence-corrected chi connectivity index (χ3v) is 4.91. The molecule has 3 aromatic rings. The number of aromatic nitrogens is 1. The molecule has 2 aromatic carbocycles. The first-order valence-electron chi connectivity index (χ1n) is 8.43. The predicted octanol–water partition coefficient (Wildman–Crippen LogP) is 3.34. The fourth-order valence-corrected chi connectivity index (χ4v) is 3.95. The SMILES string of the molecule is C[C@H](N)c1c2c3c(ccc(O)c3c(=O)n1-c1cccc(F)c1)CCC2. The number of aryl methyl sites for hydroxylation is 2. The highest BCUT2D eigenvalue weighted by atomic mass is 19.1. The third kappa shape index (κ3) is 2.35. The molecule has 1 aromatic heterocycles. The third-order valence-electron chi connectivity index (χ3n) is 4.91. The number of benzene rings is 2. The Bertz CT molecular complexity index is 1050. The Morgan fingerprint density at radius 2 is 2.00 bits per heavy atom. The van der Waals surface area contributed by atoms with Crippen LogP contribution in [0.3, 0.4) is 0 Å². The van der Waals surface area contributed by atoms with E-state index in [-0.39, 0.29) is 11.3 Å². The molecule has 5 heteroatoms. The molecular formula is C20H19FN2O2. The van der Waals surface area contributed by atoms with E-state index in [1.54, 1.807) is 18.2 Å². The van der Waals surface area contributed by atoms with Gasteiger partial charge in [-0.05, 0) is 67.0 Å². The van der Waals surface area contributed by atoms with Crippen LogP contribution in [-0.4, -0.2) is 9.67 Å². The van der Waals surface area contributed by atoms with Gasteiger partial charge in [0.25, 0.3) is 5.56 Å². The van der Waals surface area contributed by atoms with Crippen LogP contribution < -0.4 is 11.3 Å². The second kappa shape index (κ2) is 5.70. The Morgan fingerprint density at radius 1 is 1.20 bits per heavy atom. The monoisotopic (exact) mass is 338 g/mol. The average Bonchev–Trinajstić information content (AvgIpc) is 2.58. The molecule has 0 bridgehead atoms. The van der Waals surface area contributed by atoms with Crippen molar-refractivity contribution < 1.29 is 9.50 Å². The van der Waals surface area contributed by atoms with Crippen molar-refractivity contribution in [1.82, 2.24) is 4.57 Å². The van der Waals surface area contributed by atoms with Crippen LogP contribution in [0.25, 0.3) is 16.5 Å². The number of rotatable bonds is 2. The van der Waals surface area contributed by atoms with Gasteiger partial charge >= 0.3 is 0 Å². The van der Waals surface area contributed by atoms with E-state index in [2.05, 4.69) is 0 Å². The molecule has 0 saturated carbocycles. The number of halogens is 1. The van der Waals surface area contributed by atoms with Crippen LogP contribution in [0.2, 0.25) is 0 Å². The molecule has 4 rings (SSSR count). The topological polar surface area (TPSA) is 68.2 Å². The summed E-state index contributed by atoms with van der Waals surface area (Å²) in [5.74, 6) is -0.472. The Morgan fingerprint density at radius 3 is 2.72 bits per heavy atom. The van der Waals surface area contributed by atoms with Crippen LogP contribution >= 0.6 is 0 Å². The van der Waals surface area contributed by atoms with Crippen molar-refractivity contribution in [3.05, 3.63) is 69.4 Å². The smallest absolute Gasteiger partial charge is 0.267 e. The molecule has 25 heavy (non-hydrogen) atoms. The summed E-state index contributed by atoms with van der Waals surface area (Å²) in [4.78, 5) is 13.3. The van der Waals surface area contributed by atoms with Gasteiger partial charge in [0.15, 0.2) is 0 Å². The zero-order valence-corrected chi connectivity index (χ0v) is 13.9. The summed E-state index contributed by atoms with van der Waals surface area (Å²) in [5.41, 5.74) is 9.00. The van der Waals surface area contributed by atoms with Crippen molar-refractivity contribution in [3.8, 4) is 11.4 Å². The van der Waals surface area contributed by atoms with Crippen molar-refractivity contribution in [3.63, 3.8) is 0 Å². The summed E-state index contributed by atoms with van der Waals surface area (Å²) in [6, 6.07) is 8.93. The number of phenolic OH excluding ortho intramolecular Hbond substituents is 1. The van der Waals surface area contributed by atoms with Crippen LogP contribution in [0.5, 0.6) is 5.75 Å². The normalized spacial score (nSPS) is 14.7. The van der Waals surface area contributed by atoms with Gasteiger partial charge in [-0.25, -0.2) is 4.39 Å². The summed E-state index contributed by atoms with van der Waals surface area (Å²) in [6.45, 7) is 1.82. The van der Waals surface area contributed by atoms with Gasteiger partial charge in [-0.3, -0.25) is 9.36 Å². The molecule has 128 valence electrons. The largest absolute Gasteiger partial charge is 0.507 e. The highest BCUT2D eigenvalue weighted by molar-refractivity contribution is 5.94. The quantitative estimate of drug-likeness (QED) is 0.753. The van der Waals surface area contributed by atoms with Crippen molar-refractivity contribution >= 4 is 10.8 Å². The lowest BCUT2D eigenvalue weighted by molar-refractivity contribution is 0.480. The summed E-state index contributed by atoms with van der Waals surface area (Å²) < 4.78 is 15.2. The average molecular weight is 338 g/mol. The lowest BCUT2D eigenvalue weighted by Gasteiger charge is -2.26. The van der Waals surface area contributed by atoms with E-state index in [1.165, 1.54) is 16.7 Å².